The molecule has 0 aromatic heterocycles. The molecule has 136 valence electrons. The van der Waals surface area contributed by atoms with Crippen LogP contribution in [0.5, 0.6) is 5.75 Å². The Morgan fingerprint density at radius 1 is 1.25 bits per heavy atom. The van der Waals surface area contributed by atoms with Crippen molar-refractivity contribution in [3.8, 4) is 5.75 Å². The second kappa shape index (κ2) is 12.2. The minimum Gasteiger partial charge on any atom is -0.507 e. The quantitative estimate of drug-likeness (QED) is 0.260. The van der Waals surface area contributed by atoms with Gasteiger partial charge in [-0.1, -0.05) is 50.4 Å². The summed E-state index contributed by atoms with van der Waals surface area (Å²) in [7, 11) is 1.83. The monoisotopic (exact) mass is 528 g/mol. The molecule has 0 aliphatic heterocycles. The van der Waals surface area contributed by atoms with E-state index in [0.29, 0.717) is 12.0 Å². The molecule has 0 saturated heterocycles. The number of hydrogen-bond donors (Lipinski definition) is 2. The second-order valence-corrected chi connectivity index (χ2v) is 8.60. The number of carboxylic acid groups (broad SMARTS) is 1. The van der Waals surface area contributed by atoms with Crippen molar-refractivity contribution >= 4 is 52.0 Å². The van der Waals surface area contributed by atoms with Crippen LogP contribution in [-0.4, -0.2) is 27.3 Å². The number of carboxylic acids is 1. The Labute approximate surface area is 170 Å². The predicted molar refractivity (Wildman–Crippen MR) is 117 cm³/mol. The molecule has 0 atom stereocenters. The Hall–Kier alpha value is -0.210. The van der Waals surface area contributed by atoms with Gasteiger partial charge in [-0.15, -0.1) is 0 Å². The fourth-order valence-electron chi connectivity index (χ4n) is 2.40. The number of rotatable bonds is 6. The standard InChI is InChI=1S/C16H21BrO3.C2H5IS/c1-5-12-10(3)11(4)14(16(19)20)15(18)13(12)7-6-9(2)8-17;1-2-4-3/h6,18H,5,7-8H2,1-4H3,(H,19,20);2H2,1H3/b9-6+;. The van der Waals surface area contributed by atoms with Crippen LogP contribution >= 0.6 is 46.1 Å². The van der Waals surface area contributed by atoms with Crippen LogP contribution < -0.4 is 0 Å². The average molecular weight is 529 g/mol. The zero-order valence-electron chi connectivity index (χ0n) is 14.9. The number of aromatic hydroxyl groups is 1. The molecule has 0 fully saturated rings. The summed E-state index contributed by atoms with van der Waals surface area (Å²) in [5, 5.41) is 20.4. The number of hydrogen-bond acceptors (Lipinski definition) is 3. The highest BCUT2D eigenvalue weighted by Crippen LogP contribution is 2.34. The van der Waals surface area contributed by atoms with Gasteiger partial charge in [-0.05, 0) is 71.5 Å². The molecule has 0 amide bonds. The first-order valence-corrected chi connectivity index (χ1v) is 12.4. The van der Waals surface area contributed by atoms with Gasteiger partial charge in [0, 0.05) is 16.6 Å². The van der Waals surface area contributed by atoms with E-state index >= 15 is 0 Å². The van der Waals surface area contributed by atoms with Gasteiger partial charge in [-0.25, -0.2) is 4.79 Å². The van der Waals surface area contributed by atoms with Crippen LogP contribution in [0, 0.1) is 13.8 Å². The topological polar surface area (TPSA) is 57.5 Å². The van der Waals surface area contributed by atoms with Gasteiger partial charge >= 0.3 is 5.97 Å². The molecule has 0 heterocycles. The Morgan fingerprint density at radius 2 is 1.79 bits per heavy atom. The zero-order valence-corrected chi connectivity index (χ0v) is 19.4. The average Bonchev–Trinajstić information content (AvgIpc) is 2.56. The van der Waals surface area contributed by atoms with Crippen LogP contribution in [0.2, 0.25) is 0 Å². The van der Waals surface area contributed by atoms with E-state index in [1.165, 1.54) is 5.75 Å². The molecule has 0 spiro atoms. The predicted octanol–water partition coefficient (Wildman–Crippen LogP) is 6.24. The first-order chi connectivity index (χ1) is 11.3. The molecule has 0 saturated carbocycles. The maximum absolute atomic E-state index is 11.4. The van der Waals surface area contributed by atoms with Crippen molar-refractivity contribution < 1.29 is 15.0 Å². The molecule has 2 N–H and O–H groups in total. The zero-order chi connectivity index (χ0) is 18.9. The van der Waals surface area contributed by atoms with Crippen molar-refractivity contribution in [3.05, 3.63) is 39.5 Å². The lowest BCUT2D eigenvalue weighted by Gasteiger charge is -2.18. The highest BCUT2D eigenvalue weighted by molar-refractivity contribution is 14.2. The molecule has 0 aliphatic carbocycles. The number of benzene rings is 1. The maximum atomic E-state index is 11.4. The molecule has 6 heteroatoms. The SMILES string of the molecule is CCSI.CCc1c(C)c(C)c(C(=O)O)c(O)c1C/C=C(\C)CBr. The van der Waals surface area contributed by atoms with Crippen LogP contribution in [-0.2, 0) is 12.8 Å². The molecule has 1 aromatic rings. The Kier molecular flexibility index (Phi) is 12.1. The normalized spacial score (nSPS) is 11.0. The molecule has 0 radical (unpaired) electrons. The molecule has 24 heavy (non-hydrogen) atoms. The molecule has 3 nitrogen and oxygen atoms in total. The van der Waals surface area contributed by atoms with E-state index in [9.17, 15) is 15.0 Å². The van der Waals surface area contributed by atoms with Crippen molar-refractivity contribution in [2.75, 3.05) is 11.1 Å². The lowest BCUT2D eigenvalue weighted by molar-refractivity contribution is 0.0692. The van der Waals surface area contributed by atoms with Gasteiger partial charge in [0.1, 0.15) is 11.3 Å². The summed E-state index contributed by atoms with van der Waals surface area (Å²) in [4.78, 5) is 11.4. The molecule has 0 aliphatic rings. The van der Waals surface area contributed by atoms with Crippen molar-refractivity contribution in [3.63, 3.8) is 0 Å². The van der Waals surface area contributed by atoms with E-state index in [1.807, 2.05) is 35.8 Å². The largest absolute Gasteiger partial charge is 0.507 e. The summed E-state index contributed by atoms with van der Waals surface area (Å²) in [6, 6.07) is 0. The minimum atomic E-state index is -1.08. The Morgan fingerprint density at radius 3 is 2.17 bits per heavy atom. The maximum Gasteiger partial charge on any atom is 0.339 e. The molecule has 0 unspecified atom stereocenters. The van der Waals surface area contributed by atoms with Crippen molar-refractivity contribution in [1.29, 1.82) is 0 Å². The number of allylic oxidation sites excluding steroid dienone is 2. The van der Waals surface area contributed by atoms with Crippen molar-refractivity contribution in [1.82, 2.24) is 0 Å². The fraction of sp³-hybridized carbons (Fsp3) is 0.500. The summed E-state index contributed by atoms with van der Waals surface area (Å²) in [5.74, 6) is 0.0601. The third-order valence-corrected chi connectivity index (χ3v) is 6.79. The van der Waals surface area contributed by atoms with Crippen molar-refractivity contribution in [2.24, 2.45) is 0 Å². The van der Waals surface area contributed by atoms with E-state index < -0.39 is 5.97 Å². The van der Waals surface area contributed by atoms with E-state index in [4.69, 9.17) is 0 Å². The van der Waals surface area contributed by atoms with E-state index in [-0.39, 0.29) is 11.3 Å². The first-order valence-electron chi connectivity index (χ1n) is 7.78. The summed E-state index contributed by atoms with van der Waals surface area (Å²) >= 11 is 5.65. The third-order valence-electron chi connectivity index (χ3n) is 3.82. The van der Waals surface area contributed by atoms with Gasteiger partial charge in [0.2, 0.25) is 0 Å². The van der Waals surface area contributed by atoms with Crippen LogP contribution in [0.3, 0.4) is 0 Å². The van der Waals surface area contributed by atoms with Gasteiger partial charge < -0.3 is 10.2 Å². The summed E-state index contributed by atoms with van der Waals surface area (Å²) in [5.41, 5.74) is 4.57. The number of alkyl halides is 1. The summed E-state index contributed by atoms with van der Waals surface area (Å²) in [6.45, 7) is 9.82. The fourth-order valence-corrected chi connectivity index (χ4v) is 2.63. The third kappa shape index (κ3) is 6.59. The molecular weight excluding hydrogens is 503 g/mol. The summed E-state index contributed by atoms with van der Waals surface area (Å²) < 4.78 is 0. The van der Waals surface area contributed by atoms with Crippen LogP contribution in [0.25, 0.3) is 0 Å². The molecule has 0 bridgehead atoms. The molecule has 1 rings (SSSR count). The highest BCUT2D eigenvalue weighted by atomic mass is 127. The van der Waals surface area contributed by atoms with Crippen molar-refractivity contribution in [2.45, 2.75) is 47.5 Å². The highest BCUT2D eigenvalue weighted by Gasteiger charge is 2.22. The van der Waals surface area contributed by atoms with Crippen LogP contribution in [0.15, 0.2) is 11.6 Å². The van der Waals surface area contributed by atoms with Crippen LogP contribution in [0.4, 0.5) is 0 Å². The van der Waals surface area contributed by atoms with E-state index in [2.05, 4.69) is 44.1 Å². The summed E-state index contributed by atoms with van der Waals surface area (Å²) in [6.07, 6.45) is 3.34. The lowest BCUT2D eigenvalue weighted by Crippen LogP contribution is -2.08. The minimum absolute atomic E-state index is 0.0274. The van der Waals surface area contributed by atoms with Gasteiger partial charge in [-0.3, -0.25) is 0 Å². The van der Waals surface area contributed by atoms with E-state index in [0.717, 1.165) is 34.0 Å². The number of phenols is 1. The van der Waals surface area contributed by atoms with Gasteiger partial charge in [0.15, 0.2) is 0 Å². The van der Waals surface area contributed by atoms with Crippen LogP contribution in [0.1, 0.15) is 53.4 Å². The number of carbonyl (C=O) groups is 1. The number of aromatic carboxylic acids is 1. The number of halogens is 2. The van der Waals surface area contributed by atoms with Gasteiger partial charge in [0.25, 0.3) is 0 Å². The van der Waals surface area contributed by atoms with Gasteiger partial charge in [-0.2, -0.15) is 0 Å². The Balaban J connectivity index is 0.00000118. The molecule has 1 aromatic carbocycles. The lowest BCUT2D eigenvalue weighted by atomic mass is 9.88. The first kappa shape index (κ1) is 23.8. The smallest absolute Gasteiger partial charge is 0.339 e. The van der Waals surface area contributed by atoms with E-state index in [1.54, 1.807) is 6.92 Å². The Bertz CT molecular complexity index is 599. The molecular formula is C18H26BrIO3S. The second-order valence-electron chi connectivity index (χ2n) is 5.38. The van der Waals surface area contributed by atoms with Gasteiger partial charge in [0.05, 0.1) is 0 Å².